The van der Waals surface area contributed by atoms with Crippen molar-refractivity contribution in [1.29, 1.82) is 0 Å². The molecule has 1 aliphatic carbocycles. The molecule has 0 aromatic heterocycles. The maximum atomic E-state index is 8.56. The van der Waals surface area contributed by atoms with Gasteiger partial charge in [0.25, 0.3) is 0 Å². The second kappa shape index (κ2) is 15.9. The second-order valence-corrected chi connectivity index (χ2v) is 15.7. The summed E-state index contributed by atoms with van der Waals surface area (Å²) in [7, 11) is 0. The van der Waals surface area contributed by atoms with Crippen molar-refractivity contribution in [1.82, 2.24) is 0 Å². The van der Waals surface area contributed by atoms with E-state index in [-0.39, 0.29) is 29.7 Å². The van der Waals surface area contributed by atoms with Crippen molar-refractivity contribution in [3.05, 3.63) is 283 Å². The van der Waals surface area contributed by atoms with Crippen LogP contribution in [-0.2, 0) is 5.41 Å². The first-order chi connectivity index (χ1) is 32.8. The number of anilines is 3. The summed E-state index contributed by atoms with van der Waals surface area (Å²) in [5.41, 5.74) is 17.4. The van der Waals surface area contributed by atoms with Gasteiger partial charge in [0.15, 0.2) is 0 Å². The van der Waals surface area contributed by atoms with E-state index in [2.05, 4.69) is 193 Å². The molecule has 0 unspecified atom stereocenters. The standard InChI is InChI=1S/C61H43N/c1-5-15-44(16-6-1)47-29-36-54(37-30-47)62(55-38-31-48(32-39-55)45-17-7-2-8-18-45)56-40-33-49(34-41-56)46-25-27-50(28-26-46)51-35-42-58-57-23-13-14-24-59(57)61(60(58)43-51,52-19-9-3-10-20-52)53-21-11-4-12-22-53/h1-43H/i1D,5D,6D,15D,16D. The Hall–Kier alpha value is -8.00. The van der Waals surface area contributed by atoms with E-state index in [9.17, 15) is 0 Å². The maximum absolute atomic E-state index is 8.56. The summed E-state index contributed by atoms with van der Waals surface area (Å²) in [5, 5.41) is 0. The molecular formula is C61H43N. The van der Waals surface area contributed by atoms with Gasteiger partial charge in [0.2, 0.25) is 0 Å². The maximum Gasteiger partial charge on any atom is 0.0713 e. The van der Waals surface area contributed by atoms with Crippen LogP contribution in [0.1, 0.15) is 29.1 Å². The zero-order valence-electron chi connectivity index (χ0n) is 38.9. The molecule has 0 N–H and O–H groups in total. The summed E-state index contributed by atoms with van der Waals surface area (Å²) in [4.78, 5) is 2.17. The summed E-state index contributed by atoms with van der Waals surface area (Å²) >= 11 is 0. The van der Waals surface area contributed by atoms with E-state index >= 15 is 0 Å². The van der Waals surface area contributed by atoms with Crippen LogP contribution in [0.4, 0.5) is 17.1 Å². The SMILES string of the molecule is [2H]c1c([2H])c([2H])c(-c2ccc(N(c3ccc(-c4ccccc4)cc3)c3ccc(-c4ccc(-c5ccc6c(c5)C(c5ccccc5)(c5ccccc5)c5ccccc5-6)cc4)cc3)cc2)c([2H])c1[2H]. The summed E-state index contributed by atoms with van der Waals surface area (Å²) in [6.45, 7) is 0. The van der Waals surface area contributed by atoms with Crippen molar-refractivity contribution < 1.29 is 6.85 Å². The van der Waals surface area contributed by atoms with Gasteiger partial charge in [0.1, 0.15) is 0 Å². The number of benzene rings is 10. The second-order valence-electron chi connectivity index (χ2n) is 15.7. The van der Waals surface area contributed by atoms with Crippen molar-refractivity contribution in [3.63, 3.8) is 0 Å². The van der Waals surface area contributed by atoms with Gasteiger partial charge in [-0.05, 0) is 120 Å². The van der Waals surface area contributed by atoms with E-state index in [1.807, 2.05) is 42.5 Å². The molecule has 0 atom stereocenters. The third-order valence-corrected chi connectivity index (χ3v) is 12.3. The Morgan fingerprint density at radius 3 is 1.18 bits per heavy atom. The van der Waals surface area contributed by atoms with Crippen LogP contribution >= 0.6 is 0 Å². The Morgan fingerprint density at radius 1 is 0.290 bits per heavy atom. The molecule has 1 nitrogen and oxygen atoms in total. The quantitative estimate of drug-likeness (QED) is 0.141. The molecule has 11 rings (SSSR count). The molecule has 0 spiro atoms. The first-order valence-corrected chi connectivity index (χ1v) is 21.0. The van der Waals surface area contributed by atoms with Crippen LogP contribution in [0.25, 0.3) is 55.6 Å². The average Bonchev–Trinajstić information content (AvgIpc) is 3.69. The highest BCUT2D eigenvalue weighted by atomic mass is 15.1. The van der Waals surface area contributed by atoms with Crippen molar-refractivity contribution in [2.24, 2.45) is 0 Å². The lowest BCUT2D eigenvalue weighted by atomic mass is 9.67. The highest BCUT2D eigenvalue weighted by Gasteiger charge is 2.46. The molecular weight excluding hydrogens is 747 g/mol. The van der Waals surface area contributed by atoms with Gasteiger partial charge in [0, 0.05) is 17.1 Å². The minimum absolute atomic E-state index is 0.181. The molecule has 1 heteroatoms. The lowest BCUT2D eigenvalue weighted by molar-refractivity contribution is 0.769. The molecule has 1 aliphatic rings. The normalized spacial score (nSPS) is 13.5. The lowest BCUT2D eigenvalue weighted by Gasteiger charge is -2.34. The van der Waals surface area contributed by atoms with E-state index in [0.29, 0.717) is 5.56 Å². The first kappa shape index (κ1) is 31.9. The van der Waals surface area contributed by atoms with Gasteiger partial charge in [-0.2, -0.15) is 0 Å². The Bertz CT molecular complexity index is 3340. The number of nitrogens with zero attached hydrogens (tertiary/aromatic N) is 1. The van der Waals surface area contributed by atoms with Crippen LogP contribution in [0, 0.1) is 0 Å². The minimum atomic E-state index is -0.462. The van der Waals surface area contributed by atoms with Gasteiger partial charge >= 0.3 is 0 Å². The van der Waals surface area contributed by atoms with Crippen molar-refractivity contribution >= 4 is 17.1 Å². The van der Waals surface area contributed by atoms with Gasteiger partial charge in [-0.1, -0.05) is 218 Å². The van der Waals surface area contributed by atoms with Crippen LogP contribution in [0.2, 0.25) is 0 Å². The fraction of sp³-hybridized carbons (Fsp3) is 0.0164. The number of rotatable bonds is 9. The van der Waals surface area contributed by atoms with Crippen LogP contribution in [-0.4, -0.2) is 0 Å². The molecule has 0 saturated carbocycles. The van der Waals surface area contributed by atoms with Gasteiger partial charge < -0.3 is 4.90 Å². The predicted octanol–water partition coefficient (Wildman–Crippen LogP) is 16.2. The minimum Gasteiger partial charge on any atom is -0.311 e. The smallest absolute Gasteiger partial charge is 0.0713 e. The predicted molar refractivity (Wildman–Crippen MR) is 260 cm³/mol. The summed E-state index contributed by atoms with van der Waals surface area (Å²) < 4.78 is 41.6. The number of hydrogen-bond donors (Lipinski definition) is 0. The fourth-order valence-electron chi connectivity index (χ4n) is 9.33. The molecule has 0 bridgehead atoms. The lowest BCUT2D eigenvalue weighted by Crippen LogP contribution is -2.28. The average molecular weight is 795 g/mol. The zero-order valence-corrected chi connectivity index (χ0v) is 33.9. The Balaban J connectivity index is 0.934. The van der Waals surface area contributed by atoms with Crippen LogP contribution in [0.5, 0.6) is 0 Å². The molecule has 0 radical (unpaired) electrons. The molecule has 10 aromatic carbocycles. The molecule has 62 heavy (non-hydrogen) atoms. The largest absolute Gasteiger partial charge is 0.311 e. The van der Waals surface area contributed by atoms with E-state index in [1.54, 1.807) is 0 Å². The number of fused-ring (bicyclic) bond motifs is 3. The fourth-order valence-corrected chi connectivity index (χ4v) is 9.33. The zero-order chi connectivity index (χ0) is 45.6. The Labute approximate surface area is 371 Å². The summed E-state index contributed by atoms with van der Waals surface area (Å²) in [6, 6.07) is 79.7. The van der Waals surface area contributed by atoms with Crippen LogP contribution in [0.15, 0.2) is 261 Å². The first-order valence-electron chi connectivity index (χ1n) is 23.5. The van der Waals surface area contributed by atoms with Gasteiger partial charge in [-0.15, -0.1) is 0 Å². The summed E-state index contributed by atoms with van der Waals surface area (Å²) in [6.07, 6.45) is 0. The molecule has 292 valence electrons. The molecule has 0 amide bonds. The van der Waals surface area contributed by atoms with E-state index in [1.165, 1.54) is 33.4 Å². The van der Waals surface area contributed by atoms with Gasteiger partial charge in [-0.3, -0.25) is 0 Å². The molecule has 0 heterocycles. The van der Waals surface area contributed by atoms with Crippen molar-refractivity contribution in [3.8, 4) is 55.6 Å². The summed E-state index contributed by atoms with van der Waals surface area (Å²) in [5.74, 6) is 0. The van der Waals surface area contributed by atoms with Crippen LogP contribution < -0.4 is 4.90 Å². The molecule has 0 fully saturated rings. The van der Waals surface area contributed by atoms with Gasteiger partial charge in [0.05, 0.1) is 12.3 Å². The van der Waals surface area contributed by atoms with E-state index in [0.717, 1.165) is 50.4 Å². The van der Waals surface area contributed by atoms with Gasteiger partial charge in [-0.25, -0.2) is 0 Å². The Morgan fingerprint density at radius 2 is 0.661 bits per heavy atom. The number of hydrogen-bond acceptors (Lipinski definition) is 1. The molecule has 10 aromatic rings. The highest BCUT2D eigenvalue weighted by Crippen LogP contribution is 2.56. The van der Waals surface area contributed by atoms with E-state index in [4.69, 9.17) is 6.85 Å². The van der Waals surface area contributed by atoms with Crippen LogP contribution in [0.3, 0.4) is 0 Å². The Kier molecular flexibility index (Phi) is 8.16. The van der Waals surface area contributed by atoms with E-state index < -0.39 is 11.5 Å². The third kappa shape index (κ3) is 6.52. The molecule has 0 aliphatic heterocycles. The monoisotopic (exact) mass is 794 g/mol. The molecule has 0 saturated heterocycles. The highest BCUT2D eigenvalue weighted by molar-refractivity contribution is 5.89. The third-order valence-electron chi connectivity index (χ3n) is 12.3. The van der Waals surface area contributed by atoms with Crippen molar-refractivity contribution in [2.75, 3.05) is 4.90 Å². The topological polar surface area (TPSA) is 3.24 Å². The van der Waals surface area contributed by atoms with Crippen molar-refractivity contribution in [2.45, 2.75) is 5.41 Å².